The lowest BCUT2D eigenvalue weighted by atomic mass is 9.99. The van der Waals surface area contributed by atoms with Crippen molar-refractivity contribution in [1.29, 1.82) is 0 Å². The molecule has 0 spiro atoms. The third-order valence-electron chi connectivity index (χ3n) is 6.56. The number of rotatable bonds is 7. The monoisotopic (exact) mass is 505 g/mol. The highest BCUT2D eigenvalue weighted by Crippen LogP contribution is 2.25. The third-order valence-corrected chi connectivity index (χ3v) is 6.81. The Balaban J connectivity index is 1.48. The first-order valence-corrected chi connectivity index (χ1v) is 12.5. The number of hydrogen-bond donors (Lipinski definition) is 3. The van der Waals surface area contributed by atoms with E-state index in [0.29, 0.717) is 37.0 Å². The van der Waals surface area contributed by atoms with Crippen LogP contribution in [-0.2, 0) is 22.5 Å². The minimum absolute atomic E-state index is 0.153. The number of nitrogens with zero attached hydrogens (tertiary/aromatic N) is 2. The van der Waals surface area contributed by atoms with E-state index in [4.69, 9.17) is 16.3 Å². The summed E-state index contributed by atoms with van der Waals surface area (Å²) in [4.78, 5) is 34.2. The molecule has 3 heterocycles. The minimum Gasteiger partial charge on any atom is -0.381 e. The van der Waals surface area contributed by atoms with Crippen LogP contribution in [-0.4, -0.2) is 33.7 Å². The van der Waals surface area contributed by atoms with Crippen molar-refractivity contribution in [2.75, 3.05) is 23.8 Å². The molecule has 0 aliphatic carbocycles. The number of anilines is 3. The van der Waals surface area contributed by atoms with Gasteiger partial charge >= 0.3 is 0 Å². The summed E-state index contributed by atoms with van der Waals surface area (Å²) in [5.74, 6) is 0.0226. The topological polar surface area (TPSA) is 101 Å². The fourth-order valence-corrected chi connectivity index (χ4v) is 4.60. The Morgan fingerprint density at radius 3 is 2.72 bits per heavy atom. The predicted octanol–water partition coefficient (Wildman–Crippen LogP) is 5.10. The van der Waals surface area contributed by atoms with Gasteiger partial charge in [0.25, 0.3) is 5.56 Å². The van der Waals surface area contributed by atoms with Crippen LogP contribution < -0.4 is 16.2 Å². The number of hydrogen-bond acceptors (Lipinski definition) is 5. The van der Waals surface area contributed by atoms with E-state index in [9.17, 15) is 9.59 Å². The second-order valence-corrected chi connectivity index (χ2v) is 9.38. The number of benzene rings is 2. The molecule has 1 saturated heterocycles. The van der Waals surface area contributed by atoms with Crippen molar-refractivity contribution in [3.05, 3.63) is 81.4 Å². The van der Waals surface area contributed by atoms with Crippen LogP contribution in [0.1, 0.15) is 30.9 Å². The summed E-state index contributed by atoms with van der Waals surface area (Å²) in [5.41, 5.74) is 3.78. The summed E-state index contributed by atoms with van der Waals surface area (Å²) >= 11 is 6.05. The van der Waals surface area contributed by atoms with Gasteiger partial charge in [0.05, 0.1) is 12.7 Å². The molecule has 3 N–H and O–H groups in total. The van der Waals surface area contributed by atoms with Gasteiger partial charge < -0.3 is 20.4 Å². The average molecular weight is 506 g/mol. The van der Waals surface area contributed by atoms with Gasteiger partial charge in [-0.3, -0.25) is 14.2 Å². The van der Waals surface area contributed by atoms with Crippen LogP contribution in [0.25, 0.3) is 10.9 Å². The van der Waals surface area contributed by atoms with Gasteiger partial charge in [0.2, 0.25) is 11.9 Å². The van der Waals surface area contributed by atoms with Gasteiger partial charge in [0.1, 0.15) is 5.69 Å². The third kappa shape index (κ3) is 5.15. The lowest BCUT2D eigenvalue weighted by Gasteiger charge is -2.21. The number of aryl methyl sites for hydroxylation is 1. The van der Waals surface area contributed by atoms with Crippen molar-refractivity contribution in [3.8, 4) is 0 Å². The van der Waals surface area contributed by atoms with Crippen LogP contribution in [0.4, 0.5) is 17.3 Å². The second kappa shape index (κ2) is 10.6. The molecular formula is C27H28ClN5O3. The standard InChI is InChI=1S/C27H28ClN5O3/c1-2-18-14-29-23-8-7-21(13-22(18)23)31-27-30-15-24(32-25(34)19-9-11-36-12-10-19)26(35)33(27)16-17-3-5-20(28)6-4-17/h3-8,13-15,19,29H,2,9-12,16H2,1H3,(H,30,31)(H,32,34). The highest BCUT2D eigenvalue weighted by molar-refractivity contribution is 6.30. The van der Waals surface area contributed by atoms with Crippen molar-refractivity contribution in [1.82, 2.24) is 14.5 Å². The number of halogens is 1. The molecule has 9 heteroatoms. The number of carbonyl (C=O) groups excluding carboxylic acids is 1. The summed E-state index contributed by atoms with van der Waals surface area (Å²) in [6.07, 6.45) is 5.62. The molecule has 0 unspecified atom stereocenters. The summed E-state index contributed by atoms with van der Waals surface area (Å²) in [5, 5.41) is 7.84. The molecule has 0 radical (unpaired) electrons. The van der Waals surface area contributed by atoms with Gasteiger partial charge in [0, 0.05) is 46.9 Å². The molecule has 5 rings (SSSR count). The molecular weight excluding hydrogens is 478 g/mol. The highest BCUT2D eigenvalue weighted by Gasteiger charge is 2.23. The smallest absolute Gasteiger partial charge is 0.279 e. The number of aromatic amines is 1. The Labute approximate surface area is 213 Å². The van der Waals surface area contributed by atoms with E-state index in [0.717, 1.165) is 28.6 Å². The van der Waals surface area contributed by atoms with Gasteiger partial charge in [-0.15, -0.1) is 0 Å². The largest absolute Gasteiger partial charge is 0.381 e. The number of H-pyrrole nitrogens is 1. The molecule has 2 aromatic heterocycles. The van der Waals surface area contributed by atoms with E-state index in [-0.39, 0.29) is 29.6 Å². The summed E-state index contributed by atoms with van der Waals surface area (Å²) in [6.45, 7) is 3.47. The molecule has 186 valence electrons. The molecule has 1 fully saturated rings. The van der Waals surface area contributed by atoms with E-state index in [1.807, 2.05) is 36.5 Å². The highest BCUT2D eigenvalue weighted by atomic mass is 35.5. The Bertz CT molecular complexity index is 1440. The Hall–Kier alpha value is -3.62. The molecule has 1 aliphatic heterocycles. The van der Waals surface area contributed by atoms with Crippen LogP contribution in [0, 0.1) is 5.92 Å². The molecule has 1 amide bonds. The van der Waals surface area contributed by atoms with Crippen molar-refractivity contribution >= 4 is 45.7 Å². The lowest BCUT2D eigenvalue weighted by Crippen LogP contribution is -2.33. The average Bonchev–Trinajstić information content (AvgIpc) is 3.32. The first-order chi connectivity index (χ1) is 17.5. The zero-order valence-corrected chi connectivity index (χ0v) is 20.8. The van der Waals surface area contributed by atoms with Gasteiger partial charge in [0.15, 0.2) is 0 Å². The van der Waals surface area contributed by atoms with E-state index in [1.165, 1.54) is 16.3 Å². The molecule has 1 aliphatic rings. The first-order valence-electron chi connectivity index (χ1n) is 12.1. The minimum atomic E-state index is -0.333. The van der Waals surface area contributed by atoms with E-state index < -0.39 is 0 Å². The van der Waals surface area contributed by atoms with Crippen LogP contribution in [0.15, 0.2) is 59.7 Å². The molecule has 0 saturated carbocycles. The quantitative estimate of drug-likeness (QED) is 0.324. The Morgan fingerprint density at radius 2 is 1.97 bits per heavy atom. The van der Waals surface area contributed by atoms with Crippen molar-refractivity contribution in [3.63, 3.8) is 0 Å². The van der Waals surface area contributed by atoms with Crippen molar-refractivity contribution < 1.29 is 9.53 Å². The van der Waals surface area contributed by atoms with Crippen LogP contribution >= 0.6 is 11.6 Å². The molecule has 0 bridgehead atoms. The zero-order chi connectivity index (χ0) is 25.1. The summed E-state index contributed by atoms with van der Waals surface area (Å²) < 4.78 is 6.88. The zero-order valence-electron chi connectivity index (χ0n) is 20.0. The van der Waals surface area contributed by atoms with Crippen molar-refractivity contribution in [2.45, 2.75) is 32.7 Å². The number of nitrogens with one attached hydrogen (secondary N) is 3. The van der Waals surface area contributed by atoms with Crippen LogP contribution in [0.5, 0.6) is 0 Å². The number of carbonyl (C=O) groups is 1. The number of fused-ring (bicyclic) bond motifs is 1. The molecule has 2 aromatic carbocycles. The summed E-state index contributed by atoms with van der Waals surface area (Å²) in [6, 6.07) is 13.3. The second-order valence-electron chi connectivity index (χ2n) is 8.94. The lowest BCUT2D eigenvalue weighted by molar-refractivity contribution is -0.122. The molecule has 8 nitrogen and oxygen atoms in total. The van der Waals surface area contributed by atoms with Crippen molar-refractivity contribution in [2.24, 2.45) is 5.92 Å². The Morgan fingerprint density at radius 1 is 1.19 bits per heavy atom. The normalized spacial score (nSPS) is 14.2. The Kier molecular flexibility index (Phi) is 7.06. The molecule has 36 heavy (non-hydrogen) atoms. The van der Waals surface area contributed by atoms with Crippen LogP contribution in [0.2, 0.25) is 5.02 Å². The number of amides is 1. The predicted molar refractivity (Wildman–Crippen MR) is 142 cm³/mol. The maximum Gasteiger partial charge on any atom is 0.279 e. The van der Waals surface area contributed by atoms with E-state index in [2.05, 4.69) is 27.5 Å². The first kappa shape index (κ1) is 24.1. The molecule has 0 atom stereocenters. The van der Waals surface area contributed by atoms with Gasteiger partial charge in [-0.1, -0.05) is 30.7 Å². The summed E-state index contributed by atoms with van der Waals surface area (Å²) in [7, 11) is 0. The fourth-order valence-electron chi connectivity index (χ4n) is 4.47. The maximum absolute atomic E-state index is 13.6. The van der Waals surface area contributed by atoms with Gasteiger partial charge in [-0.2, -0.15) is 0 Å². The maximum atomic E-state index is 13.6. The van der Waals surface area contributed by atoms with Gasteiger partial charge in [-0.05, 0) is 60.7 Å². The molecule has 4 aromatic rings. The number of ether oxygens (including phenoxy) is 1. The SMILES string of the molecule is CCc1c[nH]c2ccc(Nc3ncc(NC(=O)C4CCOCC4)c(=O)n3Cc3ccc(Cl)cc3)cc12. The van der Waals surface area contributed by atoms with E-state index >= 15 is 0 Å². The van der Waals surface area contributed by atoms with Crippen LogP contribution in [0.3, 0.4) is 0 Å². The number of aromatic nitrogens is 3. The van der Waals surface area contributed by atoms with E-state index in [1.54, 1.807) is 12.1 Å². The fraction of sp³-hybridized carbons (Fsp3) is 0.296. The van der Waals surface area contributed by atoms with Gasteiger partial charge in [-0.25, -0.2) is 4.98 Å².